The highest BCUT2D eigenvalue weighted by atomic mass is 35.5. The molecule has 5 heteroatoms. The zero-order valence-electron chi connectivity index (χ0n) is 14.1. The second kappa shape index (κ2) is 8.60. The lowest BCUT2D eigenvalue weighted by molar-refractivity contribution is 0.0950. The highest BCUT2D eigenvalue weighted by Gasteiger charge is 2.11. The van der Waals surface area contributed by atoms with Crippen molar-refractivity contribution in [2.24, 2.45) is 5.92 Å². The first-order valence-electron chi connectivity index (χ1n) is 7.83. The van der Waals surface area contributed by atoms with Crippen LogP contribution in [0.2, 0.25) is 5.02 Å². The van der Waals surface area contributed by atoms with Crippen LogP contribution in [0.4, 0.5) is 0 Å². The Morgan fingerprint density at radius 1 is 1.12 bits per heavy atom. The quantitative estimate of drug-likeness (QED) is 0.811. The first-order valence-corrected chi connectivity index (χ1v) is 8.21. The van der Waals surface area contributed by atoms with Gasteiger partial charge in [-0.1, -0.05) is 37.6 Å². The van der Waals surface area contributed by atoms with Crippen molar-refractivity contribution in [3.63, 3.8) is 0 Å². The van der Waals surface area contributed by atoms with E-state index in [0.29, 0.717) is 41.2 Å². The molecular formula is C19H22ClNO3. The lowest BCUT2D eigenvalue weighted by Crippen LogP contribution is -2.22. The zero-order chi connectivity index (χ0) is 17.5. The van der Waals surface area contributed by atoms with Gasteiger partial charge in [-0.25, -0.2) is 0 Å². The third kappa shape index (κ3) is 5.17. The number of nitrogens with one attached hydrogen (secondary N) is 1. The van der Waals surface area contributed by atoms with Crippen molar-refractivity contribution >= 4 is 17.5 Å². The van der Waals surface area contributed by atoms with Gasteiger partial charge < -0.3 is 14.8 Å². The Balaban J connectivity index is 2.02. The van der Waals surface area contributed by atoms with Crippen molar-refractivity contribution in [1.29, 1.82) is 0 Å². The monoisotopic (exact) mass is 347 g/mol. The Morgan fingerprint density at radius 2 is 1.83 bits per heavy atom. The number of rotatable bonds is 7. The van der Waals surface area contributed by atoms with Gasteiger partial charge in [-0.3, -0.25) is 4.79 Å². The van der Waals surface area contributed by atoms with Crippen molar-refractivity contribution in [2.45, 2.75) is 20.4 Å². The molecule has 0 fully saturated rings. The van der Waals surface area contributed by atoms with Gasteiger partial charge in [0, 0.05) is 17.1 Å². The van der Waals surface area contributed by atoms with Gasteiger partial charge in [0.15, 0.2) is 11.5 Å². The van der Waals surface area contributed by atoms with Crippen LogP contribution < -0.4 is 14.8 Å². The third-order valence-corrected chi connectivity index (χ3v) is 3.62. The molecule has 0 heterocycles. The van der Waals surface area contributed by atoms with E-state index in [9.17, 15) is 4.79 Å². The summed E-state index contributed by atoms with van der Waals surface area (Å²) in [6.45, 7) is 5.18. The Hall–Kier alpha value is -2.20. The molecule has 0 saturated carbocycles. The largest absolute Gasteiger partial charge is 0.493 e. The minimum Gasteiger partial charge on any atom is -0.493 e. The van der Waals surface area contributed by atoms with Gasteiger partial charge in [0.1, 0.15) is 0 Å². The van der Waals surface area contributed by atoms with Crippen LogP contribution in [0.15, 0.2) is 42.5 Å². The highest BCUT2D eigenvalue weighted by Crippen LogP contribution is 2.28. The summed E-state index contributed by atoms with van der Waals surface area (Å²) in [6.07, 6.45) is 0. The fourth-order valence-electron chi connectivity index (χ4n) is 2.07. The molecule has 0 aliphatic heterocycles. The Bertz CT molecular complexity index is 684. The summed E-state index contributed by atoms with van der Waals surface area (Å²) >= 11 is 5.85. The fourth-order valence-corrected chi connectivity index (χ4v) is 2.20. The summed E-state index contributed by atoms with van der Waals surface area (Å²) in [5.74, 6) is 1.44. The maximum atomic E-state index is 12.3. The number of amides is 1. The number of ether oxygens (including phenoxy) is 2. The number of methoxy groups -OCH3 is 1. The summed E-state index contributed by atoms with van der Waals surface area (Å²) in [5.41, 5.74) is 1.51. The molecular weight excluding hydrogens is 326 g/mol. The summed E-state index contributed by atoms with van der Waals surface area (Å²) in [7, 11) is 1.56. The number of carbonyl (C=O) groups excluding carboxylic acids is 1. The molecule has 0 saturated heterocycles. The second-order valence-electron chi connectivity index (χ2n) is 5.88. The zero-order valence-corrected chi connectivity index (χ0v) is 14.9. The molecule has 0 spiro atoms. The van der Waals surface area contributed by atoms with E-state index in [-0.39, 0.29) is 5.91 Å². The van der Waals surface area contributed by atoms with Gasteiger partial charge in [0.25, 0.3) is 5.91 Å². The molecule has 0 atom stereocenters. The molecule has 128 valence electrons. The van der Waals surface area contributed by atoms with Gasteiger partial charge in [0.2, 0.25) is 0 Å². The van der Waals surface area contributed by atoms with Gasteiger partial charge in [0.05, 0.1) is 13.7 Å². The molecule has 2 aromatic carbocycles. The Labute approximate surface area is 147 Å². The molecule has 0 aliphatic carbocycles. The molecule has 0 aromatic heterocycles. The second-order valence-corrected chi connectivity index (χ2v) is 6.32. The molecule has 4 nitrogen and oxygen atoms in total. The van der Waals surface area contributed by atoms with Crippen LogP contribution in [-0.2, 0) is 6.54 Å². The van der Waals surface area contributed by atoms with Crippen LogP contribution >= 0.6 is 11.6 Å². The summed E-state index contributed by atoms with van der Waals surface area (Å²) in [5, 5.41) is 3.55. The number of carbonyl (C=O) groups is 1. The topological polar surface area (TPSA) is 47.6 Å². The summed E-state index contributed by atoms with van der Waals surface area (Å²) in [6, 6.07) is 12.5. The summed E-state index contributed by atoms with van der Waals surface area (Å²) < 4.78 is 11.0. The van der Waals surface area contributed by atoms with E-state index in [0.717, 1.165) is 5.56 Å². The van der Waals surface area contributed by atoms with E-state index in [1.807, 2.05) is 12.1 Å². The average Bonchev–Trinajstić information content (AvgIpc) is 2.59. The van der Waals surface area contributed by atoms with E-state index in [4.69, 9.17) is 21.1 Å². The van der Waals surface area contributed by atoms with E-state index >= 15 is 0 Å². The van der Waals surface area contributed by atoms with Crippen LogP contribution in [0.3, 0.4) is 0 Å². The minimum atomic E-state index is -0.168. The number of hydrogen-bond donors (Lipinski definition) is 1. The predicted molar refractivity (Wildman–Crippen MR) is 95.9 cm³/mol. The third-order valence-electron chi connectivity index (χ3n) is 3.36. The molecule has 0 unspecified atom stereocenters. The van der Waals surface area contributed by atoms with Crippen LogP contribution in [0.1, 0.15) is 29.8 Å². The molecule has 24 heavy (non-hydrogen) atoms. The molecule has 1 amide bonds. The predicted octanol–water partition coefficient (Wildman–Crippen LogP) is 4.31. The first kappa shape index (κ1) is 18.1. The minimum absolute atomic E-state index is 0.168. The van der Waals surface area contributed by atoms with Crippen LogP contribution in [-0.4, -0.2) is 19.6 Å². The van der Waals surface area contributed by atoms with Crippen molar-refractivity contribution in [3.8, 4) is 11.5 Å². The highest BCUT2D eigenvalue weighted by molar-refractivity contribution is 6.30. The number of benzene rings is 2. The van der Waals surface area contributed by atoms with E-state index in [1.165, 1.54) is 0 Å². The molecule has 0 bridgehead atoms. The van der Waals surface area contributed by atoms with Gasteiger partial charge in [-0.15, -0.1) is 0 Å². The maximum Gasteiger partial charge on any atom is 0.251 e. The lowest BCUT2D eigenvalue weighted by atomic mass is 10.1. The van der Waals surface area contributed by atoms with Crippen LogP contribution in [0.5, 0.6) is 11.5 Å². The van der Waals surface area contributed by atoms with Gasteiger partial charge in [-0.2, -0.15) is 0 Å². The molecule has 2 rings (SSSR count). The van der Waals surface area contributed by atoms with Gasteiger partial charge >= 0.3 is 0 Å². The van der Waals surface area contributed by atoms with E-state index < -0.39 is 0 Å². The van der Waals surface area contributed by atoms with Crippen molar-refractivity contribution in [1.82, 2.24) is 5.32 Å². The number of halogens is 1. The van der Waals surface area contributed by atoms with Crippen LogP contribution in [0.25, 0.3) is 0 Å². The van der Waals surface area contributed by atoms with Crippen molar-refractivity contribution in [3.05, 3.63) is 58.6 Å². The number of hydrogen-bond acceptors (Lipinski definition) is 3. The SMILES string of the molecule is COc1cc(C(=O)NCc2ccc(Cl)cc2)ccc1OCC(C)C. The molecule has 2 aromatic rings. The summed E-state index contributed by atoms with van der Waals surface area (Å²) in [4.78, 5) is 12.3. The lowest BCUT2D eigenvalue weighted by Gasteiger charge is -2.13. The standard InChI is InChI=1S/C19H22ClNO3/c1-13(2)12-24-17-9-6-15(10-18(17)23-3)19(22)21-11-14-4-7-16(20)8-5-14/h4-10,13H,11-12H2,1-3H3,(H,21,22). The molecule has 1 N–H and O–H groups in total. The Morgan fingerprint density at radius 3 is 2.46 bits per heavy atom. The van der Waals surface area contributed by atoms with Gasteiger partial charge in [-0.05, 0) is 41.8 Å². The smallest absolute Gasteiger partial charge is 0.251 e. The first-order chi connectivity index (χ1) is 11.5. The Kier molecular flexibility index (Phi) is 6.50. The van der Waals surface area contributed by atoms with Crippen molar-refractivity contribution < 1.29 is 14.3 Å². The normalized spacial score (nSPS) is 10.5. The molecule has 0 radical (unpaired) electrons. The maximum absolute atomic E-state index is 12.3. The average molecular weight is 348 g/mol. The van der Waals surface area contributed by atoms with E-state index in [1.54, 1.807) is 37.4 Å². The molecule has 0 aliphatic rings. The van der Waals surface area contributed by atoms with E-state index in [2.05, 4.69) is 19.2 Å². The fraction of sp³-hybridized carbons (Fsp3) is 0.316. The van der Waals surface area contributed by atoms with Crippen LogP contribution in [0, 0.1) is 5.92 Å². The van der Waals surface area contributed by atoms with Crippen molar-refractivity contribution in [2.75, 3.05) is 13.7 Å².